The van der Waals surface area contributed by atoms with Gasteiger partial charge in [0.2, 0.25) is 5.91 Å². The van der Waals surface area contributed by atoms with E-state index in [2.05, 4.69) is 20.2 Å². The number of piperidine rings is 2. The minimum atomic E-state index is -0.0347. The first-order chi connectivity index (χ1) is 17.2. The van der Waals surface area contributed by atoms with Crippen LogP contribution >= 0.6 is 0 Å². The molecule has 3 aliphatic heterocycles. The van der Waals surface area contributed by atoms with Crippen molar-refractivity contribution in [3.05, 3.63) is 47.7 Å². The van der Waals surface area contributed by atoms with Crippen molar-refractivity contribution in [2.75, 3.05) is 44.2 Å². The summed E-state index contributed by atoms with van der Waals surface area (Å²) in [5.74, 6) is 0.904. The number of carbonyl (C=O) groups is 2. The third kappa shape index (κ3) is 5.93. The number of hydrogen-bond donors (Lipinski definition) is 1. The average Bonchev–Trinajstić information content (AvgIpc) is 3.39. The zero-order valence-electron chi connectivity index (χ0n) is 20.7. The largest absolute Gasteiger partial charge is 0.352 e. The molecule has 0 radical (unpaired) electrons. The van der Waals surface area contributed by atoms with Crippen molar-refractivity contribution >= 4 is 17.6 Å². The summed E-state index contributed by atoms with van der Waals surface area (Å²) in [5.41, 5.74) is 1.66. The van der Waals surface area contributed by atoms with Gasteiger partial charge in [-0.3, -0.25) is 14.5 Å². The molecule has 8 nitrogen and oxygen atoms in total. The number of amides is 2. The minimum absolute atomic E-state index is 0.0347. The van der Waals surface area contributed by atoms with Gasteiger partial charge in [0.05, 0.1) is 19.3 Å². The molecule has 1 aromatic heterocycles. The molecule has 0 atom stereocenters. The minimum Gasteiger partial charge on any atom is -0.352 e. The van der Waals surface area contributed by atoms with E-state index in [0.29, 0.717) is 31.6 Å². The van der Waals surface area contributed by atoms with E-state index in [-0.39, 0.29) is 11.8 Å². The third-order valence-corrected chi connectivity index (χ3v) is 7.77. The Morgan fingerprint density at radius 3 is 2.51 bits per heavy atom. The van der Waals surface area contributed by atoms with Gasteiger partial charge >= 0.3 is 0 Å². The van der Waals surface area contributed by atoms with Crippen LogP contribution in [0.25, 0.3) is 0 Å². The van der Waals surface area contributed by atoms with Crippen LogP contribution in [0.2, 0.25) is 0 Å². The number of aryl methyl sites for hydroxylation is 1. The summed E-state index contributed by atoms with van der Waals surface area (Å²) in [5, 5.41) is 7.34. The van der Waals surface area contributed by atoms with E-state index in [9.17, 15) is 9.59 Å². The van der Waals surface area contributed by atoms with Crippen molar-refractivity contribution in [1.29, 1.82) is 0 Å². The molecule has 2 fully saturated rings. The van der Waals surface area contributed by atoms with Gasteiger partial charge in [-0.05, 0) is 82.5 Å². The Hall–Kier alpha value is -2.71. The predicted octanol–water partition coefficient (Wildman–Crippen LogP) is 2.89. The highest BCUT2D eigenvalue weighted by Gasteiger charge is 2.26. The summed E-state index contributed by atoms with van der Waals surface area (Å²) in [6.07, 6.45) is 9.87. The predicted molar refractivity (Wildman–Crippen MR) is 136 cm³/mol. The smallest absolute Gasteiger partial charge is 0.251 e. The van der Waals surface area contributed by atoms with E-state index in [0.717, 1.165) is 30.4 Å². The second-order valence-electron chi connectivity index (χ2n) is 10.1. The highest BCUT2D eigenvalue weighted by Crippen LogP contribution is 2.23. The van der Waals surface area contributed by atoms with Crippen LogP contribution in [0.3, 0.4) is 0 Å². The van der Waals surface area contributed by atoms with E-state index in [4.69, 9.17) is 0 Å². The molecule has 0 saturated carbocycles. The summed E-state index contributed by atoms with van der Waals surface area (Å²) < 4.78 is 1.86. The Morgan fingerprint density at radius 1 is 0.971 bits per heavy atom. The SMILES string of the molecule is O=C(NCCCN1CCC(N2CCCCC2)CC1)c1ccc(CN2C(=O)CCn3nccc32)cc1. The molecular weight excluding hydrogens is 440 g/mol. The number of anilines is 1. The van der Waals surface area contributed by atoms with E-state index >= 15 is 0 Å². The lowest BCUT2D eigenvalue weighted by Gasteiger charge is -2.40. The van der Waals surface area contributed by atoms with Crippen LogP contribution in [0.1, 0.15) is 60.9 Å². The molecule has 0 unspecified atom stereocenters. The molecule has 188 valence electrons. The van der Waals surface area contributed by atoms with Crippen LogP contribution < -0.4 is 10.2 Å². The summed E-state index contributed by atoms with van der Waals surface area (Å²) in [6, 6.07) is 10.2. The van der Waals surface area contributed by atoms with Gasteiger partial charge in [-0.15, -0.1) is 0 Å². The quantitative estimate of drug-likeness (QED) is 0.591. The van der Waals surface area contributed by atoms with Crippen LogP contribution in [-0.2, 0) is 17.9 Å². The van der Waals surface area contributed by atoms with Gasteiger partial charge < -0.3 is 15.1 Å². The van der Waals surface area contributed by atoms with Crippen LogP contribution in [0, 0.1) is 0 Å². The van der Waals surface area contributed by atoms with Crippen LogP contribution in [0.4, 0.5) is 5.82 Å². The number of nitrogens with one attached hydrogen (secondary N) is 1. The fraction of sp³-hybridized carbons (Fsp3) is 0.593. The Kier molecular flexibility index (Phi) is 7.79. The first-order valence-electron chi connectivity index (χ1n) is 13.3. The van der Waals surface area contributed by atoms with Crippen molar-refractivity contribution in [3.63, 3.8) is 0 Å². The van der Waals surface area contributed by atoms with Gasteiger partial charge in [-0.25, -0.2) is 4.68 Å². The molecule has 5 rings (SSSR count). The second kappa shape index (κ2) is 11.4. The molecule has 8 heteroatoms. The van der Waals surface area contributed by atoms with Crippen LogP contribution in [-0.4, -0.2) is 76.7 Å². The highest BCUT2D eigenvalue weighted by molar-refractivity contribution is 5.95. The van der Waals surface area contributed by atoms with E-state index in [1.807, 2.05) is 35.0 Å². The summed E-state index contributed by atoms with van der Waals surface area (Å²) in [4.78, 5) is 32.0. The lowest BCUT2D eigenvalue weighted by Crippen LogP contribution is -2.47. The van der Waals surface area contributed by atoms with E-state index in [1.165, 1.54) is 58.3 Å². The van der Waals surface area contributed by atoms with Gasteiger partial charge in [-0.2, -0.15) is 5.10 Å². The van der Waals surface area contributed by atoms with Gasteiger partial charge in [0, 0.05) is 30.6 Å². The number of likely N-dealkylation sites (tertiary alicyclic amines) is 2. The van der Waals surface area contributed by atoms with E-state index in [1.54, 1.807) is 11.1 Å². The number of nitrogens with zero attached hydrogens (tertiary/aromatic N) is 5. The summed E-state index contributed by atoms with van der Waals surface area (Å²) in [6.45, 7) is 7.80. The van der Waals surface area contributed by atoms with Crippen molar-refractivity contribution in [2.24, 2.45) is 0 Å². The maximum absolute atomic E-state index is 12.6. The van der Waals surface area contributed by atoms with Crippen LogP contribution in [0.5, 0.6) is 0 Å². The fourth-order valence-corrected chi connectivity index (χ4v) is 5.70. The molecule has 2 amide bonds. The molecule has 4 heterocycles. The molecule has 2 saturated heterocycles. The molecule has 2 aromatic rings. The third-order valence-electron chi connectivity index (χ3n) is 7.77. The van der Waals surface area contributed by atoms with E-state index < -0.39 is 0 Å². The number of benzene rings is 1. The molecule has 35 heavy (non-hydrogen) atoms. The molecule has 3 aliphatic rings. The average molecular weight is 479 g/mol. The Balaban J connectivity index is 1.02. The van der Waals surface area contributed by atoms with Gasteiger partial charge in [0.1, 0.15) is 5.82 Å². The van der Waals surface area contributed by atoms with Crippen LogP contribution in [0.15, 0.2) is 36.5 Å². The Bertz CT molecular complexity index is 989. The number of aromatic nitrogens is 2. The van der Waals surface area contributed by atoms with Crippen molar-refractivity contribution < 1.29 is 9.59 Å². The second-order valence-corrected chi connectivity index (χ2v) is 10.1. The molecule has 0 bridgehead atoms. The number of fused-ring (bicyclic) bond motifs is 1. The molecule has 1 aromatic carbocycles. The molecule has 1 N–H and O–H groups in total. The molecule has 0 aliphatic carbocycles. The Labute approximate surface area is 208 Å². The summed E-state index contributed by atoms with van der Waals surface area (Å²) >= 11 is 0. The normalized spacial score (nSPS) is 20.1. The maximum Gasteiger partial charge on any atom is 0.251 e. The molecular formula is C27H38N6O2. The highest BCUT2D eigenvalue weighted by atomic mass is 16.2. The van der Waals surface area contributed by atoms with Gasteiger partial charge in [-0.1, -0.05) is 18.6 Å². The standard InChI is InChI=1S/C27H38N6O2/c34-26-12-20-33-25(9-14-29-33)32(26)21-22-5-7-23(8-6-22)27(35)28-13-4-15-30-18-10-24(11-19-30)31-16-2-1-3-17-31/h5-9,14,24H,1-4,10-13,15-21H2,(H,28,35). The zero-order chi connectivity index (χ0) is 24.0. The maximum atomic E-state index is 12.6. The van der Waals surface area contributed by atoms with Gasteiger partial charge in [0.15, 0.2) is 0 Å². The first kappa shape index (κ1) is 24.0. The lowest BCUT2D eigenvalue weighted by atomic mass is 10.00. The van der Waals surface area contributed by atoms with Crippen molar-refractivity contribution in [3.8, 4) is 0 Å². The zero-order valence-corrected chi connectivity index (χ0v) is 20.7. The Morgan fingerprint density at radius 2 is 1.74 bits per heavy atom. The van der Waals surface area contributed by atoms with Crippen molar-refractivity contribution in [1.82, 2.24) is 24.9 Å². The number of carbonyl (C=O) groups excluding carboxylic acids is 2. The number of rotatable bonds is 8. The lowest BCUT2D eigenvalue weighted by molar-refractivity contribution is -0.119. The topological polar surface area (TPSA) is 73.7 Å². The fourth-order valence-electron chi connectivity index (χ4n) is 5.70. The first-order valence-corrected chi connectivity index (χ1v) is 13.3. The molecule has 0 spiro atoms. The van der Waals surface area contributed by atoms with Crippen molar-refractivity contribution in [2.45, 2.75) is 64.1 Å². The van der Waals surface area contributed by atoms with Gasteiger partial charge in [0.25, 0.3) is 5.91 Å². The summed E-state index contributed by atoms with van der Waals surface area (Å²) in [7, 11) is 0. The monoisotopic (exact) mass is 478 g/mol. The number of hydrogen-bond acceptors (Lipinski definition) is 5.